The van der Waals surface area contributed by atoms with Gasteiger partial charge in [-0.05, 0) is 25.8 Å². The Morgan fingerprint density at radius 1 is 1.29 bits per heavy atom. The second kappa shape index (κ2) is 8.33. The number of carbonyl (C=O) groups is 2. The highest BCUT2D eigenvalue weighted by Crippen LogP contribution is 2.40. The molecule has 3 rings (SSSR count). The number of benzene rings is 1. The first-order valence-corrected chi connectivity index (χ1v) is 9.54. The first-order chi connectivity index (χ1) is 13.4. The van der Waals surface area contributed by atoms with Gasteiger partial charge in [0.1, 0.15) is 6.61 Å². The maximum Gasteiger partial charge on any atom is 0.413 e. The minimum atomic E-state index is -0.582. The Bertz CT molecular complexity index is 832. The Kier molecular flexibility index (Phi) is 5.87. The molecule has 0 saturated carbocycles. The van der Waals surface area contributed by atoms with Crippen molar-refractivity contribution in [3.8, 4) is 0 Å². The molecule has 0 bridgehead atoms. The normalized spacial score (nSPS) is 14.5. The molecule has 8 heteroatoms. The second-order valence-corrected chi connectivity index (χ2v) is 7.34. The summed E-state index contributed by atoms with van der Waals surface area (Å²) in [6.07, 6.45) is 1.38. The van der Waals surface area contributed by atoms with E-state index in [4.69, 9.17) is 4.74 Å². The monoisotopic (exact) mass is 385 g/mol. The molecule has 1 aromatic carbocycles. The minimum Gasteiger partial charge on any atom is -0.444 e. The van der Waals surface area contributed by atoms with Crippen molar-refractivity contribution in [3.63, 3.8) is 0 Å². The van der Waals surface area contributed by atoms with Crippen LogP contribution in [0.25, 0.3) is 0 Å². The topological polar surface area (TPSA) is 99.3 Å². The summed E-state index contributed by atoms with van der Waals surface area (Å²) in [4.78, 5) is 26.5. The lowest BCUT2D eigenvalue weighted by Gasteiger charge is -2.31. The van der Waals surface area contributed by atoms with Gasteiger partial charge < -0.3 is 15.0 Å². The van der Waals surface area contributed by atoms with E-state index in [1.165, 1.54) is 0 Å². The van der Waals surface area contributed by atoms with Crippen LogP contribution in [0.5, 0.6) is 0 Å². The molecule has 2 heterocycles. The molecule has 1 aliphatic heterocycles. The van der Waals surface area contributed by atoms with E-state index in [1.807, 2.05) is 44.2 Å². The zero-order valence-electron chi connectivity index (χ0n) is 16.5. The van der Waals surface area contributed by atoms with E-state index in [1.54, 1.807) is 4.90 Å². The zero-order valence-corrected chi connectivity index (χ0v) is 16.5. The summed E-state index contributed by atoms with van der Waals surface area (Å²) in [6, 6.07) is 9.33. The molecular formula is C20H27N5O3. The number of urea groups is 1. The van der Waals surface area contributed by atoms with Crippen LogP contribution < -0.4 is 10.6 Å². The Morgan fingerprint density at radius 3 is 2.75 bits per heavy atom. The number of nitrogens with zero attached hydrogens (tertiary/aromatic N) is 2. The van der Waals surface area contributed by atoms with E-state index < -0.39 is 11.6 Å². The number of hydrogen-bond acceptors (Lipinski definition) is 4. The van der Waals surface area contributed by atoms with Crippen molar-refractivity contribution in [3.05, 3.63) is 47.2 Å². The number of aromatic nitrogens is 2. The lowest BCUT2D eigenvalue weighted by Crippen LogP contribution is -2.46. The summed E-state index contributed by atoms with van der Waals surface area (Å²) in [7, 11) is 0. The smallest absolute Gasteiger partial charge is 0.413 e. The van der Waals surface area contributed by atoms with Crippen LogP contribution in [0.15, 0.2) is 30.3 Å². The van der Waals surface area contributed by atoms with Crippen molar-refractivity contribution in [2.24, 2.45) is 0 Å². The number of rotatable bonds is 6. The van der Waals surface area contributed by atoms with Gasteiger partial charge in [-0.3, -0.25) is 10.4 Å². The molecule has 3 N–H and O–H groups in total. The van der Waals surface area contributed by atoms with Crippen molar-refractivity contribution in [2.75, 3.05) is 11.9 Å². The van der Waals surface area contributed by atoms with Gasteiger partial charge in [-0.2, -0.15) is 5.10 Å². The predicted octanol–water partition coefficient (Wildman–Crippen LogP) is 3.72. The highest BCUT2D eigenvalue weighted by Gasteiger charge is 2.43. The number of anilines is 1. The lowest BCUT2D eigenvalue weighted by atomic mass is 10.0. The number of fused-ring (bicyclic) bond motifs is 1. The van der Waals surface area contributed by atoms with Gasteiger partial charge in [0.25, 0.3) is 0 Å². The van der Waals surface area contributed by atoms with Crippen LogP contribution in [0.1, 0.15) is 50.4 Å². The zero-order chi connectivity index (χ0) is 20.1. The molecule has 2 aromatic rings. The Balaban J connectivity index is 1.63. The average Bonchev–Trinajstić information content (AvgIpc) is 3.19. The summed E-state index contributed by atoms with van der Waals surface area (Å²) in [6.45, 7) is 7.17. The van der Waals surface area contributed by atoms with Crippen molar-refractivity contribution in [1.82, 2.24) is 20.4 Å². The number of carbonyl (C=O) groups excluding carboxylic acids is 2. The van der Waals surface area contributed by atoms with Crippen LogP contribution in [0.4, 0.5) is 15.4 Å². The van der Waals surface area contributed by atoms with Crippen LogP contribution >= 0.6 is 0 Å². The third kappa shape index (κ3) is 4.11. The molecule has 0 spiro atoms. The molecule has 0 fully saturated rings. The Labute approximate surface area is 164 Å². The van der Waals surface area contributed by atoms with E-state index in [0.717, 1.165) is 29.7 Å². The fourth-order valence-corrected chi connectivity index (χ4v) is 3.27. The van der Waals surface area contributed by atoms with E-state index in [-0.39, 0.29) is 12.6 Å². The molecule has 0 unspecified atom stereocenters. The third-order valence-corrected chi connectivity index (χ3v) is 4.95. The highest BCUT2D eigenvalue weighted by molar-refractivity contribution is 5.85. The van der Waals surface area contributed by atoms with Crippen LogP contribution in [0, 0.1) is 0 Å². The molecule has 1 aliphatic rings. The summed E-state index contributed by atoms with van der Waals surface area (Å²) in [5.41, 5.74) is 1.97. The van der Waals surface area contributed by atoms with Gasteiger partial charge in [0.2, 0.25) is 0 Å². The number of ether oxygens (including phenoxy) is 1. The number of aromatic amines is 1. The lowest BCUT2D eigenvalue weighted by molar-refractivity contribution is 0.142. The van der Waals surface area contributed by atoms with E-state index in [2.05, 4.69) is 27.8 Å². The van der Waals surface area contributed by atoms with Gasteiger partial charge in [-0.1, -0.05) is 43.7 Å². The third-order valence-electron chi connectivity index (χ3n) is 4.95. The summed E-state index contributed by atoms with van der Waals surface area (Å²) < 4.78 is 5.26. The number of unbranched alkanes of at least 4 members (excludes halogenated alkanes) is 1. The molecule has 8 nitrogen and oxygen atoms in total. The molecule has 28 heavy (non-hydrogen) atoms. The Hall–Kier alpha value is -3.03. The maximum atomic E-state index is 12.6. The molecule has 1 aromatic heterocycles. The van der Waals surface area contributed by atoms with Crippen LogP contribution in [0.2, 0.25) is 0 Å². The fraction of sp³-hybridized carbons (Fsp3) is 0.450. The molecule has 0 atom stereocenters. The van der Waals surface area contributed by atoms with Gasteiger partial charge >= 0.3 is 12.1 Å². The van der Waals surface area contributed by atoms with Gasteiger partial charge in [0.05, 0.1) is 17.8 Å². The second-order valence-electron chi connectivity index (χ2n) is 7.34. The van der Waals surface area contributed by atoms with Crippen molar-refractivity contribution in [2.45, 2.75) is 52.3 Å². The van der Waals surface area contributed by atoms with E-state index >= 15 is 0 Å². The number of H-pyrrole nitrogens is 1. The Morgan fingerprint density at radius 2 is 2.04 bits per heavy atom. The molecule has 0 saturated heterocycles. The molecule has 150 valence electrons. The van der Waals surface area contributed by atoms with Gasteiger partial charge in [0, 0.05) is 12.1 Å². The number of nitrogens with one attached hydrogen (secondary N) is 3. The summed E-state index contributed by atoms with van der Waals surface area (Å²) in [5, 5.41) is 12.8. The fourth-order valence-electron chi connectivity index (χ4n) is 3.27. The summed E-state index contributed by atoms with van der Waals surface area (Å²) in [5.74, 6) is 0.394. The minimum absolute atomic E-state index is 0.124. The first-order valence-electron chi connectivity index (χ1n) is 9.54. The quantitative estimate of drug-likeness (QED) is 0.660. The van der Waals surface area contributed by atoms with Crippen LogP contribution in [-0.4, -0.2) is 33.8 Å². The summed E-state index contributed by atoms with van der Waals surface area (Å²) >= 11 is 0. The standard InChI is InChI=1S/C20H27N5O3/c1-4-5-11-21-18(26)25-12-15-16(20(25,2)3)23-24-17(15)22-19(27)28-13-14-9-7-6-8-10-14/h6-10H,4-5,11-13H2,1-3H3,(H,21,26)(H2,22,23,24,27). The predicted molar refractivity (Wildman–Crippen MR) is 106 cm³/mol. The van der Waals surface area contributed by atoms with Crippen molar-refractivity contribution in [1.29, 1.82) is 0 Å². The maximum absolute atomic E-state index is 12.6. The number of amides is 3. The van der Waals surface area contributed by atoms with E-state index in [9.17, 15) is 9.59 Å². The van der Waals surface area contributed by atoms with Crippen molar-refractivity contribution >= 4 is 17.9 Å². The molecule has 0 radical (unpaired) electrons. The molecule has 3 amide bonds. The number of hydrogen-bond donors (Lipinski definition) is 3. The van der Waals surface area contributed by atoms with Crippen LogP contribution in [-0.2, 0) is 23.4 Å². The molecule has 0 aliphatic carbocycles. The first kappa shape index (κ1) is 19.7. The largest absolute Gasteiger partial charge is 0.444 e. The average molecular weight is 385 g/mol. The van der Waals surface area contributed by atoms with Gasteiger partial charge in [-0.15, -0.1) is 0 Å². The molecular weight excluding hydrogens is 358 g/mol. The van der Waals surface area contributed by atoms with Gasteiger partial charge in [-0.25, -0.2) is 9.59 Å². The van der Waals surface area contributed by atoms with Crippen LogP contribution in [0.3, 0.4) is 0 Å². The van der Waals surface area contributed by atoms with Gasteiger partial charge in [0.15, 0.2) is 5.82 Å². The van der Waals surface area contributed by atoms with E-state index in [0.29, 0.717) is 18.9 Å². The SMILES string of the molecule is CCCCNC(=O)N1Cc2c(NC(=O)OCc3ccccc3)n[nH]c2C1(C)C. The van der Waals surface area contributed by atoms with Crippen molar-refractivity contribution < 1.29 is 14.3 Å². The highest BCUT2D eigenvalue weighted by atomic mass is 16.5.